The van der Waals surface area contributed by atoms with E-state index >= 15 is 0 Å². The first kappa shape index (κ1) is 12.8. The largest absolute Gasteiger partial charge is 0.300 e. The summed E-state index contributed by atoms with van der Waals surface area (Å²) in [6.07, 6.45) is 0. The zero-order valence-corrected chi connectivity index (χ0v) is 8.87. The van der Waals surface area contributed by atoms with E-state index in [0.717, 1.165) is 12.1 Å². The number of hydrogen-bond donors (Lipinski definition) is 2. The molecule has 0 aliphatic carbocycles. The summed E-state index contributed by atoms with van der Waals surface area (Å²) in [6.45, 7) is 2.08. The molecule has 0 aromatic heterocycles. The van der Waals surface area contributed by atoms with Crippen LogP contribution >= 0.6 is 0 Å². The normalized spacial score (nSPS) is 9.94. The molecule has 0 saturated carbocycles. The molecule has 0 saturated heterocycles. The lowest BCUT2D eigenvalue weighted by Crippen LogP contribution is -2.22. The van der Waals surface area contributed by atoms with E-state index in [2.05, 4.69) is 11.0 Å². The van der Waals surface area contributed by atoms with Crippen LogP contribution in [-0.2, 0) is 4.84 Å². The highest BCUT2D eigenvalue weighted by molar-refractivity contribution is 5.64. The molecule has 0 aliphatic heterocycles. The molecular formula is C8H10N4O5. The number of nitro benzene ring substituents is 2. The van der Waals surface area contributed by atoms with Gasteiger partial charge in [0, 0.05) is 6.07 Å². The number of hydrogen-bond acceptors (Lipinski definition) is 7. The molecule has 92 valence electrons. The van der Waals surface area contributed by atoms with Crippen molar-refractivity contribution in [2.24, 2.45) is 0 Å². The van der Waals surface area contributed by atoms with Gasteiger partial charge in [-0.3, -0.25) is 30.5 Å². The molecule has 0 fully saturated rings. The Labute approximate surface area is 95.6 Å². The summed E-state index contributed by atoms with van der Waals surface area (Å²) in [5.74, 6) is 0. The molecule has 0 bridgehead atoms. The van der Waals surface area contributed by atoms with Crippen LogP contribution in [-0.4, -0.2) is 16.5 Å². The third-order valence-corrected chi connectivity index (χ3v) is 1.79. The van der Waals surface area contributed by atoms with E-state index in [-0.39, 0.29) is 11.4 Å². The number of nitrogens with zero attached hydrogens (tertiary/aromatic N) is 2. The van der Waals surface area contributed by atoms with Crippen molar-refractivity contribution in [1.29, 1.82) is 0 Å². The van der Waals surface area contributed by atoms with Crippen LogP contribution in [0.25, 0.3) is 0 Å². The second-order valence-electron chi connectivity index (χ2n) is 2.88. The van der Waals surface area contributed by atoms with Crippen molar-refractivity contribution in [3.8, 4) is 0 Å². The minimum atomic E-state index is -0.719. The summed E-state index contributed by atoms with van der Waals surface area (Å²) >= 11 is 0. The van der Waals surface area contributed by atoms with Gasteiger partial charge >= 0.3 is 5.69 Å². The Balaban J connectivity index is 2.96. The Morgan fingerprint density at radius 3 is 2.53 bits per heavy atom. The second kappa shape index (κ2) is 5.72. The van der Waals surface area contributed by atoms with Crippen LogP contribution in [0.4, 0.5) is 17.1 Å². The molecule has 0 spiro atoms. The van der Waals surface area contributed by atoms with Gasteiger partial charge in [-0.05, 0) is 13.0 Å². The SMILES string of the molecule is CCONNc1ccc([N+](=O)[O-])cc1[N+](=O)[O-]. The molecule has 2 N–H and O–H groups in total. The van der Waals surface area contributed by atoms with Crippen molar-refractivity contribution in [3.63, 3.8) is 0 Å². The molecule has 9 heteroatoms. The molecule has 1 rings (SSSR count). The fourth-order valence-corrected chi connectivity index (χ4v) is 1.05. The molecule has 0 atom stereocenters. The molecule has 9 nitrogen and oxygen atoms in total. The molecule has 1 aromatic rings. The van der Waals surface area contributed by atoms with Crippen LogP contribution in [0.1, 0.15) is 6.92 Å². The van der Waals surface area contributed by atoms with Crippen molar-refractivity contribution in [2.75, 3.05) is 12.0 Å². The summed E-state index contributed by atoms with van der Waals surface area (Å²) in [5.41, 5.74) is 4.01. The van der Waals surface area contributed by atoms with E-state index < -0.39 is 15.5 Å². The molecule has 0 unspecified atom stereocenters. The number of hydrazine groups is 1. The number of non-ortho nitro benzene ring substituents is 1. The van der Waals surface area contributed by atoms with E-state index in [1.807, 2.05) is 0 Å². The Morgan fingerprint density at radius 1 is 1.29 bits per heavy atom. The van der Waals surface area contributed by atoms with Crippen LogP contribution < -0.4 is 11.0 Å². The zero-order valence-electron chi connectivity index (χ0n) is 8.87. The lowest BCUT2D eigenvalue weighted by molar-refractivity contribution is -0.393. The Kier molecular flexibility index (Phi) is 4.31. The highest BCUT2D eigenvalue weighted by Crippen LogP contribution is 2.28. The smallest absolute Gasteiger partial charge is 0.292 e. The van der Waals surface area contributed by atoms with E-state index in [9.17, 15) is 20.2 Å². The third kappa shape index (κ3) is 3.36. The maximum Gasteiger partial charge on any atom is 0.300 e. The number of benzene rings is 1. The molecule has 0 amide bonds. The maximum atomic E-state index is 10.7. The minimum absolute atomic E-state index is 0.0778. The lowest BCUT2D eigenvalue weighted by Gasteiger charge is -2.07. The molecule has 0 heterocycles. The summed E-state index contributed by atoms with van der Waals surface area (Å²) < 4.78 is 0. The van der Waals surface area contributed by atoms with Crippen LogP contribution in [0.2, 0.25) is 0 Å². The van der Waals surface area contributed by atoms with E-state index in [4.69, 9.17) is 4.84 Å². The van der Waals surface area contributed by atoms with Crippen molar-refractivity contribution >= 4 is 17.1 Å². The fraction of sp³-hybridized carbons (Fsp3) is 0.250. The highest BCUT2D eigenvalue weighted by Gasteiger charge is 2.19. The first-order valence-electron chi connectivity index (χ1n) is 4.62. The number of nitrogens with one attached hydrogen (secondary N) is 2. The first-order valence-corrected chi connectivity index (χ1v) is 4.62. The quantitative estimate of drug-likeness (QED) is 0.439. The summed E-state index contributed by atoms with van der Waals surface area (Å²) in [7, 11) is 0. The van der Waals surface area contributed by atoms with Gasteiger partial charge in [0.15, 0.2) is 0 Å². The Bertz CT molecular complexity index is 436. The predicted octanol–water partition coefficient (Wildman–Crippen LogP) is 1.37. The van der Waals surface area contributed by atoms with Crippen molar-refractivity contribution in [3.05, 3.63) is 38.4 Å². The summed E-state index contributed by atoms with van der Waals surface area (Å²) in [6, 6.07) is 3.25. The average Bonchev–Trinajstić information content (AvgIpc) is 2.29. The molecule has 0 aliphatic rings. The third-order valence-electron chi connectivity index (χ3n) is 1.79. The van der Waals surface area contributed by atoms with Gasteiger partial charge < -0.3 is 0 Å². The minimum Gasteiger partial charge on any atom is -0.292 e. The summed E-state index contributed by atoms with van der Waals surface area (Å²) in [5, 5.41) is 21.2. The molecule has 17 heavy (non-hydrogen) atoms. The van der Waals surface area contributed by atoms with Gasteiger partial charge in [-0.25, -0.2) is 0 Å². The zero-order chi connectivity index (χ0) is 12.8. The lowest BCUT2D eigenvalue weighted by atomic mass is 10.2. The van der Waals surface area contributed by atoms with Gasteiger partial charge in [-0.15, -0.1) is 5.59 Å². The van der Waals surface area contributed by atoms with E-state index in [1.165, 1.54) is 6.07 Å². The molecule has 1 aromatic carbocycles. The topological polar surface area (TPSA) is 120 Å². The van der Waals surface area contributed by atoms with Gasteiger partial charge in [0.05, 0.1) is 22.5 Å². The fourth-order valence-electron chi connectivity index (χ4n) is 1.05. The van der Waals surface area contributed by atoms with Crippen LogP contribution in [0, 0.1) is 20.2 Å². The van der Waals surface area contributed by atoms with Crippen molar-refractivity contribution in [1.82, 2.24) is 5.59 Å². The standard InChI is InChI=1S/C8H10N4O5/c1-2-17-10-9-7-4-3-6(11(13)14)5-8(7)12(15)16/h3-5,9-10H,2H2,1H3. The van der Waals surface area contributed by atoms with Gasteiger partial charge in [0.2, 0.25) is 0 Å². The number of anilines is 1. The maximum absolute atomic E-state index is 10.7. The van der Waals surface area contributed by atoms with Gasteiger partial charge in [0.25, 0.3) is 5.69 Å². The van der Waals surface area contributed by atoms with Gasteiger partial charge in [-0.2, -0.15) is 0 Å². The Morgan fingerprint density at radius 2 is 2.00 bits per heavy atom. The highest BCUT2D eigenvalue weighted by atomic mass is 16.7. The van der Waals surface area contributed by atoms with Crippen molar-refractivity contribution < 1.29 is 14.7 Å². The number of nitro groups is 2. The Hall–Kier alpha value is -2.26. The van der Waals surface area contributed by atoms with Crippen LogP contribution in [0.5, 0.6) is 0 Å². The van der Waals surface area contributed by atoms with Crippen LogP contribution in [0.3, 0.4) is 0 Å². The first-order chi connectivity index (χ1) is 8.06. The predicted molar refractivity (Wildman–Crippen MR) is 58.1 cm³/mol. The monoisotopic (exact) mass is 242 g/mol. The molecular weight excluding hydrogens is 232 g/mol. The van der Waals surface area contributed by atoms with Crippen LogP contribution in [0.15, 0.2) is 18.2 Å². The van der Waals surface area contributed by atoms with Crippen molar-refractivity contribution in [2.45, 2.75) is 6.92 Å². The summed E-state index contributed by atoms with van der Waals surface area (Å²) in [4.78, 5) is 24.5. The van der Waals surface area contributed by atoms with Gasteiger partial charge in [-0.1, -0.05) is 0 Å². The van der Waals surface area contributed by atoms with Gasteiger partial charge in [0.1, 0.15) is 5.69 Å². The molecule has 0 radical (unpaired) electrons. The average molecular weight is 242 g/mol. The van der Waals surface area contributed by atoms with E-state index in [0.29, 0.717) is 6.61 Å². The van der Waals surface area contributed by atoms with E-state index in [1.54, 1.807) is 6.92 Å². The second-order valence-corrected chi connectivity index (χ2v) is 2.88. The number of rotatable bonds is 6.